The highest BCUT2D eigenvalue weighted by Gasteiger charge is 2.20. The van der Waals surface area contributed by atoms with Crippen molar-refractivity contribution in [1.82, 2.24) is 0 Å². The zero-order chi connectivity index (χ0) is 17.6. The van der Waals surface area contributed by atoms with Gasteiger partial charge in [0, 0.05) is 11.1 Å². The second-order valence-electron chi connectivity index (χ2n) is 6.22. The van der Waals surface area contributed by atoms with Crippen LogP contribution in [0.15, 0.2) is 48.5 Å². The number of carbonyl (C=O) groups excluding carboxylic acids is 2. The number of rotatable bonds is 4. The summed E-state index contributed by atoms with van der Waals surface area (Å²) < 4.78 is 5.45. The van der Waals surface area contributed by atoms with Gasteiger partial charge in [-0.3, -0.25) is 10.1 Å². The summed E-state index contributed by atoms with van der Waals surface area (Å²) in [6.07, 6.45) is 4.51. The van der Waals surface area contributed by atoms with Crippen molar-refractivity contribution in [1.29, 1.82) is 0 Å². The first-order valence-corrected chi connectivity index (χ1v) is 8.54. The summed E-state index contributed by atoms with van der Waals surface area (Å²) in [7, 11) is 0. The van der Waals surface area contributed by atoms with Crippen LogP contribution in [0.25, 0.3) is 0 Å². The number of ketones is 1. The number of ether oxygens (including phenoxy) is 1. The molecule has 0 spiro atoms. The minimum atomic E-state index is -0.539. The highest BCUT2D eigenvalue weighted by Crippen LogP contribution is 2.23. The Balaban J connectivity index is 1.74. The van der Waals surface area contributed by atoms with E-state index in [1.165, 1.54) is 18.6 Å². The van der Waals surface area contributed by atoms with E-state index in [0.717, 1.165) is 25.7 Å². The highest BCUT2D eigenvalue weighted by molar-refractivity contribution is 6.13. The smallest absolute Gasteiger partial charge is 0.411 e. The average molecular weight is 339 g/mol. The number of aromatic hydroxyl groups is 1. The molecule has 0 radical (unpaired) electrons. The van der Waals surface area contributed by atoms with Gasteiger partial charge in [0.1, 0.15) is 11.9 Å². The lowest BCUT2D eigenvalue weighted by Crippen LogP contribution is -2.25. The van der Waals surface area contributed by atoms with Gasteiger partial charge in [0.05, 0.1) is 5.69 Å². The fourth-order valence-electron chi connectivity index (χ4n) is 3.07. The lowest BCUT2D eigenvalue weighted by molar-refractivity contribution is 0.0865. The first-order valence-electron chi connectivity index (χ1n) is 8.54. The van der Waals surface area contributed by atoms with Crippen LogP contribution in [-0.4, -0.2) is 23.1 Å². The molecule has 130 valence electrons. The number of nitrogens with one attached hydrogen (secondary N) is 1. The molecule has 0 saturated heterocycles. The Hall–Kier alpha value is -2.82. The number of carbonyl (C=O) groups is 2. The van der Waals surface area contributed by atoms with Crippen LogP contribution in [0.2, 0.25) is 0 Å². The third kappa shape index (κ3) is 4.38. The van der Waals surface area contributed by atoms with Crippen molar-refractivity contribution in [3.8, 4) is 5.75 Å². The fourth-order valence-corrected chi connectivity index (χ4v) is 3.07. The third-order valence-corrected chi connectivity index (χ3v) is 4.34. The van der Waals surface area contributed by atoms with Crippen LogP contribution in [0.1, 0.15) is 48.0 Å². The third-order valence-electron chi connectivity index (χ3n) is 4.34. The summed E-state index contributed by atoms with van der Waals surface area (Å²) in [5.74, 6) is -0.252. The number of hydrogen-bond donors (Lipinski definition) is 2. The predicted octanol–water partition coefficient (Wildman–Crippen LogP) is 4.50. The maximum Gasteiger partial charge on any atom is 0.411 e. The van der Waals surface area contributed by atoms with E-state index in [2.05, 4.69) is 5.32 Å². The zero-order valence-electron chi connectivity index (χ0n) is 13.9. The number of phenols is 1. The Kier molecular flexibility index (Phi) is 5.33. The van der Waals surface area contributed by atoms with E-state index < -0.39 is 6.09 Å². The minimum absolute atomic E-state index is 0.0213. The molecule has 25 heavy (non-hydrogen) atoms. The Labute approximate surface area is 146 Å². The predicted molar refractivity (Wildman–Crippen MR) is 95.0 cm³/mol. The summed E-state index contributed by atoms with van der Waals surface area (Å²) in [6.45, 7) is 0. The summed E-state index contributed by atoms with van der Waals surface area (Å²) in [4.78, 5) is 24.8. The van der Waals surface area contributed by atoms with E-state index in [1.54, 1.807) is 36.4 Å². The molecule has 3 rings (SSSR count). The van der Waals surface area contributed by atoms with Crippen molar-refractivity contribution in [2.75, 3.05) is 5.32 Å². The van der Waals surface area contributed by atoms with E-state index in [4.69, 9.17) is 4.74 Å². The van der Waals surface area contributed by atoms with Gasteiger partial charge in [-0.25, -0.2) is 4.79 Å². The molecule has 5 nitrogen and oxygen atoms in total. The molecule has 0 unspecified atom stereocenters. The maximum atomic E-state index is 12.7. The molecule has 2 aromatic carbocycles. The monoisotopic (exact) mass is 339 g/mol. The molecular formula is C20H21NO4. The van der Waals surface area contributed by atoms with Crippen molar-refractivity contribution in [3.63, 3.8) is 0 Å². The van der Waals surface area contributed by atoms with Gasteiger partial charge in [0.15, 0.2) is 5.78 Å². The SMILES string of the molecule is O=C(Nc1ccccc1C(=O)c1cccc(O)c1)OC1CCCCC1. The van der Waals surface area contributed by atoms with Crippen molar-refractivity contribution in [2.45, 2.75) is 38.2 Å². The molecule has 5 heteroatoms. The lowest BCUT2D eigenvalue weighted by atomic mass is 9.98. The summed E-state index contributed by atoms with van der Waals surface area (Å²) in [5.41, 5.74) is 1.11. The molecule has 1 aliphatic carbocycles. The average Bonchev–Trinajstić information content (AvgIpc) is 2.62. The highest BCUT2D eigenvalue weighted by atomic mass is 16.6. The maximum absolute atomic E-state index is 12.7. The van der Waals surface area contributed by atoms with Gasteiger partial charge in [-0.15, -0.1) is 0 Å². The molecule has 1 fully saturated rings. The van der Waals surface area contributed by atoms with Crippen LogP contribution in [-0.2, 0) is 4.74 Å². The van der Waals surface area contributed by atoms with Gasteiger partial charge in [-0.05, 0) is 49.9 Å². The number of phenolic OH excluding ortho intramolecular Hbond substituents is 1. The Morgan fingerprint density at radius 1 is 1.00 bits per heavy atom. The standard InChI is InChI=1S/C20H21NO4/c22-15-8-6-7-14(13-15)19(23)17-11-4-5-12-18(17)21-20(24)25-16-9-2-1-3-10-16/h4-8,11-13,16,22H,1-3,9-10H2,(H,21,24). The number of anilines is 1. The topological polar surface area (TPSA) is 75.6 Å². The van der Waals surface area contributed by atoms with Crippen molar-refractivity contribution < 1.29 is 19.4 Å². The normalized spacial score (nSPS) is 14.7. The van der Waals surface area contributed by atoms with Crippen molar-refractivity contribution in [2.24, 2.45) is 0 Å². The van der Waals surface area contributed by atoms with Crippen LogP contribution < -0.4 is 5.32 Å². The Morgan fingerprint density at radius 3 is 2.52 bits per heavy atom. The van der Waals surface area contributed by atoms with Gasteiger partial charge in [-0.1, -0.05) is 30.7 Å². The molecular weight excluding hydrogens is 318 g/mol. The molecule has 1 saturated carbocycles. The zero-order valence-corrected chi connectivity index (χ0v) is 13.9. The van der Waals surface area contributed by atoms with Crippen LogP contribution in [0, 0.1) is 0 Å². The Morgan fingerprint density at radius 2 is 1.76 bits per heavy atom. The summed E-state index contributed by atoms with van der Waals surface area (Å²) in [5, 5.41) is 12.2. The number of benzene rings is 2. The van der Waals surface area contributed by atoms with Crippen molar-refractivity contribution in [3.05, 3.63) is 59.7 Å². The first kappa shape index (κ1) is 17.0. The second-order valence-corrected chi connectivity index (χ2v) is 6.22. The summed E-state index contributed by atoms with van der Waals surface area (Å²) in [6, 6.07) is 12.9. The molecule has 2 N–H and O–H groups in total. The quantitative estimate of drug-likeness (QED) is 0.804. The Bertz CT molecular complexity index is 766. The molecule has 0 atom stereocenters. The van der Waals surface area contributed by atoms with E-state index in [0.29, 0.717) is 16.8 Å². The van der Waals surface area contributed by atoms with Gasteiger partial charge in [0.2, 0.25) is 0 Å². The van der Waals surface area contributed by atoms with Crippen molar-refractivity contribution >= 4 is 17.6 Å². The van der Waals surface area contributed by atoms with Crippen LogP contribution in [0.4, 0.5) is 10.5 Å². The molecule has 2 aromatic rings. The number of para-hydroxylation sites is 1. The fraction of sp³-hybridized carbons (Fsp3) is 0.300. The molecule has 0 aromatic heterocycles. The summed E-state index contributed by atoms with van der Waals surface area (Å²) >= 11 is 0. The van der Waals surface area contributed by atoms with Gasteiger partial charge in [-0.2, -0.15) is 0 Å². The molecule has 1 amide bonds. The van der Waals surface area contributed by atoms with E-state index in [1.807, 2.05) is 0 Å². The first-order chi connectivity index (χ1) is 12.1. The van der Waals surface area contributed by atoms with E-state index >= 15 is 0 Å². The largest absolute Gasteiger partial charge is 0.508 e. The van der Waals surface area contributed by atoms with Crippen LogP contribution >= 0.6 is 0 Å². The molecule has 0 aliphatic heterocycles. The van der Waals surface area contributed by atoms with Gasteiger partial charge in [0.25, 0.3) is 0 Å². The van der Waals surface area contributed by atoms with Crippen LogP contribution in [0.3, 0.4) is 0 Å². The van der Waals surface area contributed by atoms with E-state index in [9.17, 15) is 14.7 Å². The molecule has 1 aliphatic rings. The van der Waals surface area contributed by atoms with Gasteiger partial charge >= 0.3 is 6.09 Å². The minimum Gasteiger partial charge on any atom is -0.508 e. The number of amides is 1. The molecule has 0 heterocycles. The lowest BCUT2D eigenvalue weighted by Gasteiger charge is -2.22. The number of hydrogen-bond acceptors (Lipinski definition) is 4. The van der Waals surface area contributed by atoms with Gasteiger partial charge < -0.3 is 9.84 Å². The molecule has 0 bridgehead atoms. The second kappa shape index (κ2) is 7.83. The van der Waals surface area contributed by atoms with Crippen LogP contribution in [0.5, 0.6) is 5.75 Å². The van der Waals surface area contributed by atoms with E-state index in [-0.39, 0.29) is 17.6 Å².